The van der Waals surface area contributed by atoms with Crippen molar-refractivity contribution in [2.75, 3.05) is 19.7 Å². The first-order valence-corrected chi connectivity index (χ1v) is 8.26. The molecule has 4 heteroatoms. The van der Waals surface area contributed by atoms with Gasteiger partial charge in [-0.3, -0.25) is 4.90 Å². The van der Waals surface area contributed by atoms with Gasteiger partial charge in [-0.25, -0.2) is 0 Å². The van der Waals surface area contributed by atoms with Gasteiger partial charge in [0.15, 0.2) is 0 Å². The molecule has 0 spiro atoms. The fourth-order valence-corrected chi connectivity index (χ4v) is 2.30. The smallest absolute Gasteiger partial charge is 0.119 e. The molecule has 3 nitrogen and oxygen atoms in total. The number of nitrogens with two attached hydrogens (primary N) is 1. The van der Waals surface area contributed by atoms with Crippen molar-refractivity contribution in [1.82, 2.24) is 4.90 Å². The lowest BCUT2D eigenvalue weighted by Crippen LogP contribution is -2.36. The Bertz CT molecular complexity index is 419. The van der Waals surface area contributed by atoms with Crippen molar-refractivity contribution in [3.8, 4) is 5.75 Å². The van der Waals surface area contributed by atoms with Crippen LogP contribution in [0.3, 0.4) is 0 Å². The van der Waals surface area contributed by atoms with Crippen molar-refractivity contribution in [3.05, 3.63) is 29.8 Å². The second-order valence-corrected chi connectivity index (χ2v) is 5.82. The quantitative estimate of drug-likeness (QED) is 0.670. The highest BCUT2D eigenvalue weighted by Gasteiger charge is 2.11. The van der Waals surface area contributed by atoms with E-state index in [0.29, 0.717) is 17.6 Å². The predicted octanol–water partition coefficient (Wildman–Crippen LogP) is 3.60. The number of benzene rings is 1. The molecule has 0 aliphatic carbocycles. The van der Waals surface area contributed by atoms with Gasteiger partial charge in [0.25, 0.3) is 0 Å². The molecule has 21 heavy (non-hydrogen) atoms. The van der Waals surface area contributed by atoms with Crippen LogP contribution in [-0.2, 0) is 0 Å². The minimum atomic E-state index is 0.420. The topological polar surface area (TPSA) is 38.5 Å². The molecule has 118 valence electrons. The molecule has 0 aromatic heterocycles. The summed E-state index contributed by atoms with van der Waals surface area (Å²) in [7, 11) is 0. The Morgan fingerprint density at radius 1 is 1.24 bits per heavy atom. The fourth-order valence-electron chi connectivity index (χ4n) is 2.17. The van der Waals surface area contributed by atoms with Crippen LogP contribution in [-0.4, -0.2) is 35.6 Å². The van der Waals surface area contributed by atoms with E-state index in [1.54, 1.807) is 0 Å². The van der Waals surface area contributed by atoms with Crippen LogP contribution in [0.4, 0.5) is 0 Å². The number of thiocarbonyl (C=S) groups is 1. The number of nitrogens with zero attached hydrogens (tertiary/aromatic N) is 1. The molecule has 2 N–H and O–H groups in total. The Balaban J connectivity index is 2.43. The van der Waals surface area contributed by atoms with Crippen molar-refractivity contribution < 1.29 is 4.74 Å². The van der Waals surface area contributed by atoms with Gasteiger partial charge in [-0.15, -0.1) is 0 Å². The average Bonchev–Trinajstić information content (AvgIpc) is 2.50. The SMILES string of the molecule is CCCCN(CCOc1ccc(C(N)=S)cc1)C(C)CC. The van der Waals surface area contributed by atoms with Gasteiger partial charge in [0.1, 0.15) is 17.3 Å². The largest absolute Gasteiger partial charge is 0.492 e. The Labute approximate surface area is 134 Å². The maximum atomic E-state index is 5.82. The second-order valence-electron chi connectivity index (χ2n) is 5.38. The van der Waals surface area contributed by atoms with Crippen molar-refractivity contribution in [2.24, 2.45) is 5.73 Å². The summed E-state index contributed by atoms with van der Waals surface area (Å²) >= 11 is 4.94. The van der Waals surface area contributed by atoms with E-state index < -0.39 is 0 Å². The van der Waals surface area contributed by atoms with E-state index in [4.69, 9.17) is 22.7 Å². The molecule has 0 heterocycles. The molecular weight excluding hydrogens is 280 g/mol. The third-order valence-corrected chi connectivity index (χ3v) is 4.03. The fraction of sp³-hybridized carbons (Fsp3) is 0.588. The van der Waals surface area contributed by atoms with Crippen LogP contribution in [0.5, 0.6) is 5.75 Å². The summed E-state index contributed by atoms with van der Waals surface area (Å²) in [5, 5.41) is 0. The zero-order valence-electron chi connectivity index (χ0n) is 13.5. The molecule has 1 rings (SSSR count). The number of ether oxygens (including phenoxy) is 1. The van der Waals surface area contributed by atoms with Crippen LogP contribution < -0.4 is 10.5 Å². The molecule has 0 saturated heterocycles. The molecule has 0 aliphatic heterocycles. The van der Waals surface area contributed by atoms with Crippen molar-refractivity contribution >= 4 is 17.2 Å². The Hall–Kier alpha value is -1.13. The van der Waals surface area contributed by atoms with Gasteiger partial charge < -0.3 is 10.5 Å². The first-order chi connectivity index (χ1) is 10.1. The molecule has 0 aliphatic rings. The monoisotopic (exact) mass is 308 g/mol. The van der Waals surface area contributed by atoms with Gasteiger partial charge in [-0.2, -0.15) is 0 Å². The molecular formula is C17H28N2OS. The van der Waals surface area contributed by atoms with Gasteiger partial charge in [0.2, 0.25) is 0 Å². The highest BCUT2D eigenvalue weighted by Crippen LogP contribution is 2.13. The van der Waals surface area contributed by atoms with Crippen molar-refractivity contribution in [2.45, 2.75) is 46.1 Å². The number of hydrogen-bond donors (Lipinski definition) is 1. The van der Waals surface area contributed by atoms with Crippen LogP contribution in [0.15, 0.2) is 24.3 Å². The summed E-state index contributed by atoms with van der Waals surface area (Å²) in [5.41, 5.74) is 6.46. The summed E-state index contributed by atoms with van der Waals surface area (Å²) in [5.74, 6) is 0.870. The van der Waals surface area contributed by atoms with E-state index in [2.05, 4.69) is 25.7 Å². The van der Waals surface area contributed by atoms with Gasteiger partial charge in [0.05, 0.1) is 0 Å². The third-order valence-electron chi connectivity index (χ3n) is 3.80. The van der Waals surface area contributed by atoms with Crippen LogP contribution in [0.2, 0.25) is 0 Å². The van der Waals surface area contributed by atoms with Gasteiger partial charge >= 0.3 is 0 Å². The highest BCUT2D eigenvalue weighted by atomic mass is 32.1. The van der Waals surface area contributed by atoms with Gasteiger partial charge in [0, 0.05) is 18.2 Å². The molecule has 1 aromatic carbocycles. The maximum absolute atomic E-state index is 5.82. The molecule has 1 atom stereocenters. The van der Waals surface area contributed by atoms with Gasteiger partial charge in [-0.05, 0) is 50.6 Å². The standard InChI is InChI=1S/C17H28N2OS/c1-4-6-11-19(14(3)5-2)12-13-20-16-9-7-15(8-10-16)17(18)21/h7-10,14H,4-6,11-13H2,1-3H3,(H2,18,21). The van der Waals surface area contributed by atoms with E-state index in [0.717, 1.165) is 24.4 Å². The summed E-state index contributed by atoms with van der Waals surface area (Å²) in [6.07, 6.45) is 3.65. The van der Waals surface area contributed by atoms with E-state index >= 15 is 0 Å². The Morgan fingerprint density at radius 3 is 2.43 bits per heavy atom. The molecule has 1 unspecified atom stereocenters. The minimum Gasteiger partial charge on any atom is -0.492 e. The summed E-state index contributed by atoms with van der Waals surface area (Å²) in [6, 6.07) is 8.27. The zero-order valence-corrected chi connectivity index (χ0v) is 14.3. The van der Waals surface area contributed by atoms with Crippen LogP contribution in [0.25, 0.3) is 0 Å². The molecule has 0 radical (unpaired) electrons. The normalized spacial score (nSPS) is 12.4. The van der Waals surface area contributed by atoms with Crippen LogP contribution in [0.1, 0.15) is 45.6 Å². The van der Waals surface area contributed by atoms with E-state index in [1.165, 1.54) is 19.3 Å². The number of hydrogen-bond acceptors (Lipinski definition) is 3. The Kier molecular flexibility index (Phi) is 8.31. The summed E-state index contributed by atoms with van der Waals surface area (Å²) < 4.78 is 5.82. The predicted molar refractivity (Wildman–Crippen MR) is 94.1 cm³/mol. The molecule has 0 bridgehead atoms. The molecule has 0 fully saturated rings. The lowest BCUT2D eigenvalue weighted by atomic mass is 10.2. The molecule has 1 aromatic rings. The third kappa shape index (κ3) is 6.44. The minimum absolute atomic E-state index is 0.420. The summed E-state index contributed by atoms with van der Waals surface area (Å²) in [6.45, 7) is 9.57. The number of rotatable bonds is 10. The van der Waals surface area contributed by atoms with Crippen LogP contribution >= 0.6 is 12.2 Å². The molecule has 0 amide bonds. The highest BCUT2D eigenvalue weighted by molar-refractivity contribution is 7.80. The first kappa shape index (κ1) is 17.9. The zero-order chi connectivity index (χ0) is 15.7. The lowest BCUT2D eigenvalue weighted by Gasteiger charge is -2.28. The van der Waals surface area contributed by atoms with E-state index in [1.807, 2.05) is 24.3 Å². The first-order valence-electron chi connectivity index (χ1n) is 7.85. The van der Waals surface area contributed by atoms with E-state index in [-0.39, 0.29) is 0 Å². The maximum Gasteiger partial charge on any atom is 0.119 e. The Morgan fingerprint density at radius 2 is 1.90 bits per heavy atom. The van der Waals surface area contributed by atoms with Crippen molar-refractivity contribution in [1.29, 1.82) is 0 Å². The van der Waals surface area contributed by atoms with Crippen LogP contribution in [0, 0.1) is 0 Å². The van der Waals surface area contributed by atoms with Crippen molar-refractivity contribution in [3.63, 3.8) is 0 Å². The lowest BCUT2D eigenvalue weighted by molar-refractivity contribution is 0.162. The van der Waals surface area contributed by atoms with Gasteiger partial charge in [-0.1, -0.05) is 32.5 Å². The summed E-state index contributed by atoms with van der Waals surface area (Å²) in [4.78, 5) is 2.93. The second kappa shape index (κ2) is 9.74. The number of unbranched alkanes of at least 4 members (excludes halogenated alkanes) is 1. The van der Waals surface area contributed by atoms with E-state index in [9.17, 15) is 0 Å². The molecule has 0 saturated carbocycles. The average molecular weight is 308 g/mol.